The molecule has 0 aliphatic heterocycles. The van der Waals surface area contributed by atoms with Crippen molar-refractivity contribution in [3.8, 4) is 11.5 Å². The Morgan fingerprint density at radius 1 is 0.778 bits per heavy atom. The molecule has 0 spiro atoms. The van der Waals surface area contributed by atoms with Crippen LogP contribution in [-0.2, 0) is 12.8 Å². The van der Waals surface area contributed by atoms with Crippen LogP contribution >= 0.6 is 0 Å². The van der Waals surface area contributed by atoms with Crippen molar-refractivity contribution in [2.24, 2.45) is 0 Å². The van der Waals surface area contributed by atoms with E-state index in [1.807, 2.05) is 30.3 Å². The first-order valence-electron chi connectivity index (χ1n) is 8.08. The number of alkyl halides is 3. The van der Waals surface area contributed by atoms with E-state index in [0.29, 0.717) is 12.4 Å². The predicted molar refractivity (Wildman–Crippen MR) is 93.6 cm³/mol. The number of hydrogen-bond donors (Lipinski definition) is 0. The van der Waals surface area contributed by atoms with Crippen LogP contribution in [0.5, 0.6) is 11.5 Å². The number of halogens is 3. The number of esters is 1. The van der Waals surface area contributed by atoms with Gasteiger partial charge in [0.1, 0.15) is 18.1 Å². The minimum Gasteiger partial charge on any atom is -0.489 e. The van der Waals surface area contributed by atoms with Gasteiger partial charge in [0.25, 0.3) is 0 Å². The van der Waals surface area contributed by atoms with Crippen molar-refractivity contribution in [3.63, 3.8) is 0 Å². The van der Waals surface area contributed by atoms with Gasteiger partial charge in [-0.1, -0.05) is 30.3 Å². The van der Waals surface area contributed by atoms with Crippen LogP contribution in [0.15, 0.2) is 78.9 Å². The normalized spacial score (nSPS) is 11.1. The van der Waals surface area contributed by atoms with Crippen molar-refractivity contribution in [1.29, 1.82) is 0 Å². The summed E-state index contributed by atoms with van der Waals surface area (Å²) in [6.07, 6.45) is -4.45. The van der Waals surface area contributed by atoms with Crippen LogP contribution in [0.4, 0.5) is 13.2 Å². The van der Waals surface area contributed by atoms with E-state index in [0.717, 1.165) is 29.8 Å². The van der Waals surface area contributed by atoms with Crippen LogP contribution in [0.3, 0.4) is 0 Å². The van der Waals surface area contributed by atoms with Gasteiger partial charge in [0.05, 0.1) is 11.1 Å². The lowest BCUT2D eigenvalue weighted by atomic mass is 10.1. The van der Waals surface area contributed by atoms with Crippen LogP contribution in [0.2, 0.25) is 0 Å². The number of carbonyl (C=O) groups excluding carboxylic acids is 1. The van der Waals surface area contributed by atoms with Crippen LogP contribution in [0.25, 0.3) is 0 Å². The quantitative estimate of drug-likeness (QED) is 0.438. The molecule has 0 fully saturated rings. The molecule has 3 nitrogen and oxygen atoms in total. The Kier molecular flexibility index (Phi) is 5.45. The summed E-state index contributed by atoms with van der Waals surface area (Å²) in [4.78, 5) is 12.0. The smallest absolute Gasteiger partial charge is 0.416 e. The second-order valence-corrected chi connectivity index (χ2v) is 5.71. The van der Waals surface area contributed by atoms with E-state index in [-0.39, 0.29) is 11.3 Å². The Morgan fingerprint density at radius 2 is 1.37 bits per heavy atom. The molecule has 0 aromatic heterocycles. The largest absolute Gasteiger partial charge is 0.489 e. The Balaban J connectivity index is 1.58. The monoisotopic (exact) mass is 372 g/mol. The highest BCUT2D eigenvalue weighted by Crippen LogP contribution is 2.29. The van der Waals surface area contributed by atoms with E-state index < -0.39 is 17.7 Å². The van der Waals surface area contributed by atoms with Crippen molar-refractivity contribution in [2.75, 3.05) is 0 Å². The molecule has 0 atom stereocenters. The molecule has 3 aromatic rings. The minimum absolute atomic E-state index is 0.0346. The van der Waals surface area contributed by atoms with Crippen molar-refractivity contribution >= 4 is 5.97 Å². The first-order chi connectivity index (χ1) is 12.9. The average molecular weight is 372 g/mol. The lowest BCUT2D eigenvalue weighted by Gasteiger charge is -2.09. The summed E-state index contributed by atoms with van der Waals surface area (Å²) >= 11 is 0. The van der Waals surface area contributed by atoms with Gasteiger partial charge in [-0.25, -0.2) is 4.79 Å². The molecule has 0 heterocycles. The molecular formula is C21H15F3O3. The molecule has 0 unspecified atom stereocenters. The highest BCUT2D eigenvalue weighted by Gasteiger charge is 2.30. The van der Waals surface area contributed by atoms with Crippen LogP contribution < -0.4 is 9.47 Å². The van der Waals surface area contributed by atoms with Crippen LogP contribution in [0.1, 0.15) is 21.5 Å². The fourth-order valence-electron chi connectivity index (χ4n) is 2.31. The maximum Gasteiger partial charge on any atom is 0.416 e. The van der Waals surface area contributed by atoms with Gasteiger partial charge in [0.15, 0.2) is 0 Å². The average Bonchev–Trinajstić information content (AvgIpc) is 2.68. The van der Waals surface area contributed by atoms with Crippen LogP contribution in [-0.4, -0.2) is 5.97 Å². The molecule has 27 heavy (non-hydrogen) atoms. The molecule has 0 N–H and O–H groups in total. The topological polar surface area (TPSA) is 35.5 Å². The van der Waals surface area contributed by atoms with Gasteiger partial charge in [-0.3, -0.25) is 0 Å². The standard InChI is InChI=1S/C21H15F3O3/c22-21(23,24)17-8-6-16(7-9-17)20(25)27-19-12-10-18(11-13-19)26-14-15-4-2-1-3-5-15/h1-13H,14H2. The van der Waals surface area contributed by atoms with Gasteiger partial charge in [-0.15, -0.1) is 0 Å². The second-order valence-electron chi connectivity index (χ2n) is 5.71. The molecule has 0 saturated heterocycles. The molecule has 0 aliphatic carbocycles. The molecule has 3 aromatic carbocycles. The minimum atomic E-state index is -4.45. The molecule has 0 bridgehead atoms. The van der Waals surface area contributed by atoms with Crippen LogP contribution in [0, 0.1) is 0 Å². The number of ether oxygens (including phenoxy) is 2. The second kappa shape index (κ2) is 7.95. The van der Waals surface area contributed by atoms with E-state index in [1.165, 1.54) is 0 Å². The summed E-state index contributed by atoms with van der Waals surface area (Å²) < 4.78 is 48.4. The lowest BCUT2D eigenvalue weighted by Crippen LogP contribution is -2.10. The third-order valence-electron chi connectivity index (χ3n) is 3.73. The maximum absolute atomic E-state index is 12.5. The molecular weight excluding hydrogens is 357 g/mol. The summed E-state index contributed by atoms with van der Waals surface area (Å²) in [5.41, 5.74) is 0.238. The number of rotatable bonds is 5. The summed E-state index contributed by atoms with van der Waals surface area (Å²) in [7, 11) is 0. The molecule has 0 aliphatic rings. The van der Waals surface area contributed by atoms with Crippen molar-refractivity contribution < 1.29 is 27.4 Å². The van der Waals surface area contributed by atoms with Crippen molar-refractivity contribution in [1.82, 2.24) is 0 Å². The van der Waals surface area contributed by atoms with Gasteiger partial charge >= 0.3 is 12.1 Å². The molecule has 6 heteroatoms. The molecule has 0 radical (unpaired) electrons. The van der Waals surface area contributed by atoms with Gasteiger partial charge < -0.3 is 9.47 Å². The fraction of sp³-hybridized carbons (Fsp3) is 0.0952. The predicted octanol–water partition coefficient (Wildman–Crippen LogP) is 5.50. The summed E-state index contributed by atoms with van der Waals surface area (Å²) in [5.74, 6) is 0.141. The van der Waals surface area contributed by atoms with E-state index in [2.05, 4.69) is 0 Å². The van der Waals surface area contributed by atoms with Gasteiger partial charge in [-0.05, 0) is 54.1 Å². The summed E-state index contributed by atoms with van der Waals surface area (Å²) in [5, 5.41) is 0. The summed E-state index contributed by atoms with van der Waals surface area (Å²) in [6.45, 7) is 0.408. The Hall–Kier alpha value is -3.28. The zero-order valence-electron chi connectivity index (χ0n) is 14.1. The van der Waals surface area contributed by atoms with Gasteiger partial charge in [0.2, 0.25) is 0 Å². The first kappa shape index (κ1) is 18.5. The van der Waals surface area contributed by atoms with Gasteiger partial charge in [0, 0.05) is 0 Å². The van der Waals surface area contributed by atoms with E-state index in [9.17, 15) is 18.0 Å². The maximum atomic E-state index is 12.5. The Labute approximate surface area is 154 Å². The zero-order valence-corrected chi connectivity index (χ0v) is 14.1. The Bertz CT molecular complexity index is 887. The van der Waals surface area contributed by atoms with Crippen molar-refractivity contribution in [2.45, 2.75) is 12.8 Å². The molecule has 0 saturated carbocycles. The molecule has 138 valence electrons. The number of benzene rings is 3. The molecule has 3 rings (SSSR count). The SMILES string of the molecule is O=C(Oc1ccc(OCc2ccccc2)cc1)c1ccc(C(F)(F)F)cc1. The number of hydrogen-bond acceptors (Lipinski definition) is 3. The lowest BCUT2D eigenvalue weighted by molar-refractivity contribution is -0.137. The van der Waals surface area contributed by atoms with Gasteiger partial charge in [-0.2, -0.15) is 13.2 Å². The highest BCUT2D eigenvalue weighted by molar-refractivity contribution is 5.91. The molecule has 0 amide bonds. The third-order valence-corrected chi connectivity index (χ3v) is 3.73. The Morgan fingerprint density at radius 3 is 1.96 bits per heavy atom. The zero-order chi connectivity index (χ0) is 19.3. The highest BCUT2D eigenvalue weighted by atomic mass is 19.4. The van der Waals surface area contributed by atoms with E-state index in [1.54, 1.807) is 24.3 Å². The van der Waals surface area contributed by atoms with E-state index in [4.69, 9.17) is 9.47 Å². The third kappa shape index (κ3) is 5.10. The number of carbonyl (C=O) groups is 1. The summed E-state index contributed by atoms with van der Waals surface area (Å²) in [6, 6.07) is 19.9. The first-order valence-corrected chi connectivity index (χ1v) is 8.08. The van der Waals surface area contributed by atoms with E-state index >= 15 is 0 Å². The van der Waals surface area contributed by atoms with Crippen molar-refractivity contribution in [3.05, 3.63) is 95.6 Å². The fourth-order valence-corrected chi connectivity index (χ4v) is 2.31.